The molecular weight excluding hydrogens is 376 g/mol. The molecule has 1 saturated heterocycles. The van der Waals surface area contributed by atoms with Crippen LogP contribution in [0.5, 0.6) is 0 Å². The van der Waals surface area contributed by atoms with Gasteiger partial charge in [-0.2, -0.15) is 0 Å². The zero-order valence-electron chi connectivity index (χ0n) is 15.6. The molecule has 1 aromatic carbocycles. The van der Waals surface area contributed by atoms with Gasteiger partial charge >= 0.3 is 0 Å². The molecule has 0 spiro atoms. The largest absolute Gasteiger partial charge is 0.359 e. The minimum absolute atomic E-state index is 0. The molecule has 28 heavy (non-hydrogen) atoms. The van der Waals surface area contributed by atoms with E-state index in [1.807, 2.05) is 36.4 Å². The first-order valence-corrected chi connectivity index (χ1v) is 9.12. The van der Waals surface area contributed by atoms with Crippen LogP contribution in [0.4, 0.5) is 0 Å². The molecule has 0 unspecified atom stereocenters. The number of benzene rings is 1. The Morgan fingerprint density at radius 3 is 2.79 bits per heavy atom. The molecule has 3 aromatic rings. The highest BCUT2D eigenvalue weighted by Crippen LogP contribution is 2.27. The fourth-order valence-electron chi connectivity index (χ4n) is 3.50. The fourth-order valence-corrected chi connectivity index (χ4v) is 3.50. The van der Waals surface area contributed by atoms with Crippen molar-refractivity contribution < 1.29 is 9.32 Å². The minimum Gasteiger partial charge on any atom is -0.359 e. The van der Waals surface area contributed by atoms with Crippen LogP contribution in [0.1, 0.15) is 30.2 Å². The summed E-state index contributed by atoms with van der Waals surface area (Å²) in [5.41, 5.74) is 2.85. The molecule has 146 valence electrons. The summed E-state index contributed by atoms with van der Waals surface area (Å²) >= 11 is 0. The average molecular weight is 399 g/mol. The summed E-state index contributed by atoms with van der Waals surface area (Å²) < 4.78 is 5.40. The Morgan fingerprint density at radius 1 is 1.21 bits per heavy atom. The van der Waals surface area contributed by atoms with E-state index in [9.17, 15) is 4.79 Å². The number of hydrogen-bond acceptors (Lipinski definition) is 5. The van der Waals surface area contributed by atoms with Gasteiger partial charge in [0.2, 0.25) is 5.91 Å². The summed E-state index contributed by atoms with van der Waals surface area (Å²) in [4.78, 5) is 18.6. The molecule has 1 amide bonds. The molecule has 0 saturated carbocycles. The molecular formula is C21H23ClN4O2. The number of aromatic nitrogens is 2. The van der Waals surface area contributed by atoms with Crippen LogP contribution in [0.15, 0.2) is 65.4 Å². The van der Waals surface area contributed by atoms with Crippen LogP contribution in [0, 0.1) is 0 Å². The van der Waals surface area contributed by atoms with Gasteiger partial charge in [0.1, 0.15) is 5.69 Å². The van der Waals surface area contributed by atoms with Crippen molar-refractivity contribution in [3.8, 4) is 11.3 Å². The lowest BCUT2D eigenvalue weighted by Gasteiger charge is -2.21. The minimum atomic E-state index is -0.166. The molecule has 4 rings (SSSR count). The van der Waals surface area contributed by atoms with Crippen molar-refractivity contribution in [3.63, 3.8) is 0 Å². The maximum Gasteiger partial charge on any atom is 0.239 e. The van der Waals surface area contributed by atoms with E-state index in [1.54, 1.807) is 24.3 Å². The molecule has 1 aliphatic heterocycles. The van der Waals surface area contributed by atoms with Crippen LogP contribution in [0.3, 0.4) is 0 Å². The van der Waals surface area contributed by atoms with E-state index in [-0.39, 0.29) is 30.4 Å². The van der Waals surface area contributed by atoms with E-state index in [0.717, 1.165) is 24.1 Å². The monoisotopic (exact) mass is 398 g/mol. The average Bonchev–Trinajstić information content (AvgIpc) is 3.39. The highest BCUT2D eigenvalue weighted by Gasteiger charge is 2.31. The van der Waals surface area contributed by atoms with E-state index in [2.05, 4.69) is 27.6 Å². The molecule has 0 aliphatic carbocycles. The van der Waals surface area contributed by atoms with Crippen LogP contribution in [-0.2, 0) is 11.3 Å². The predicted octanol–water partition coefficient (Wildman–Crippen LogP) is 3.61. The first-order chi connectivity index (χ1) is 13.2. The second-order valence-electron chi connectivity index (χ2n) is 6.87. The highest BCUT2D eigenvalue weighted by atomic mass is 35.5. The van der Waals surface area contributed by atoms with Crippen molar-refractivity contribution in [1.29, 1.82) is 0 Å². The number of nitrogens with one attached hydrogen (secondary N) is 1. The quantitative estimate of drug-likeness (QED) is 0.710. The molecule has 6 nitrogen and oxygen atoms in total. The van der Waals surface area contributed by atoms with Crippen molar-refractivity contribution in [2.75, 3.05) is 7.05 Å². The van der Waals surface area contributed by atoms with E-state index >= 15 is 0 Å². The van der Waals surface area contributed by atoms with Gasteiger partial charge in [-0.05, 0) is 30.5 Å². The van der Waals surface area contributed by atoms with Gasteiger partial charge in [-0.25, -0.2) is 0 Å². The number of pyridine rings is 1. The summed E-state index contributed by atoms with van der Waals surface area (Å²) in [7, 11) is 1.80. The Hall–Kier alpha value is -2.70. The summed E-state index contributed by atoms with van der Waals surface area (Å²) in [6, 6.07) is 16.0. The van der Waals surface area contributed by atoms with Gasteiger partial charge in [-0.3, -0.25) is 15.1 Å². The Kier molecular flexibility index (Phi) is 6.44. The third-order valence-corrected chi connectivity index (χ3v) is 4.93. The van der Waals surface area contributed by atoms with E-state index in [1.165, 1.54) is 5.56 Å². The van der Waals surface area contributed by atoms with Crippen molar-refractivity contribution in [1.82, 2.24) is 20.4 Å². The predicted molar refractivity (Wildman–Crippen MR) is 109 cm³/mol. The number of likely N-dealkylation sites (N-methyl/N-ethyl adjacent to an activating group) is 1. The number of hydrogen-bond donors (Lipinski definition) is 1. The number of carbonyl (C=O) groups is 1. The number of carbonyl (C=O) groups excluding carboxylic acids is 1. The number of rotatable bonds is 5. The lowest BCUT2D eigenvalue weighted by atomic mass is 10.1. The zero-order chi connectivity index (χ0) is 18.6. The van der Waals surface area contributed by atoms with Crippen LogP contribution >= 0.6 is 12.4 Å². The lowest BCUT2D eigenvalue weighted by Crippen LogP contribution is -2.41. The third-order valence-electron chi connectivity index (χ3n) is 4.93. The normalized spacial score (nSPS) is 18.5. The van der Waals surface area contributed by atoms with Crippen LogP contribution in [0.2, 0.25) is 0 Å². The first-order valence-electron chi connectivity index (χ1n) is 9.12. The van der Waals surface area contributed by atoms with Crippen molar-refractivity contribution in [2.45, 2.75) is 31.5 Å². The van der Waals surface area contributed by atoms with Crippen LogP contribution < -0.4 is 5.32 Å². The Balaban J connectivity index is 0.00000225. The van der Waals surface area contributed by atoms with E-state index < -0.39 is 0 Å². The fraction of sp³-hybridized carbons (Fsp3) is 0.286. The summed E-state index contributed by atoms with van der Waals surface area (Å²) in [5.74, 6) is 0.732. The van der Waals surface area contributed by atoms with Crippen LogP contribution in [0.25, 0.3) is 11.3 Å². The van der Waals surface area contributed by atoms with Gasteiger partial charge in [0.05, 0.1) is 12.6 Å². The molecule has 2 atom stereocenters. The highest BCUT2D eigenvalue weighted by molar-refractivity contribution is 5.85. The van der Waals surface area contributed by atoms with Crippen molar-refractivity contribution >= 4 is 18.3 Å². The van der Waals surface area contributed by atoms with Gasteiger partial charge in [0.15, 0.2) is 5.76 Å². The number of amides is 1. The molecule has 1 aliphatic rings. The first kappa shape index (κ1) is 20.0. The molecule has 2 aromatic heterocycles. The molecule has 3 heterocycles. The molecule has 0 radical (unpaired) electrons. The summed E-state index contributed by atoms with van der Waals surface area (Å²) in [6.45, 7) is 0.389. The Morgan fingerprint density at radius 2 is 2.04 bits per heavy atom. The van der Waals surface area contributed by atoms with Gasteiger partial charge in [-0.1, -0.05) is 35.5 Å². The van der Waals surface area contributed by atoms with E-state index in [4.69, 9.17) is 4.52 Å². The van der Waals surface area contributed by atoms with Crippen molar-refractivity contribution in [2.24, 2.45) is 0 Å². The third kappa shape index (κ3) is 4.40. The lowest BCUT2D eigenvalue weighted by molar-refractivity contribution is -0.132. The second-order valence-corrected chi connectivity index (χ2v) is 6.87. The second kappa shape index (κ2) is 8.99. The van der Waals surface area contributed by atoms with E-state index in [0.29, 0.717) is 12.3 Å². The van der Waals surface area contributed by atoms with Crippen LogP contribution in [-0.4, -0.2) is 34.0 Å². The van der Waals surface area contributed by atoms with Gasteiger partial charge < -0.3 is 9.42 Å². The molecule has 1 fully saturated rings. The van der Waals surface area contributed by atoms with Gasteiger partial charge in [0, 0.05) is 37.1 Å². The maximum atomic E-state index is 12.8. The standard InChI is InChI=1S/C21H22N4O2.ClH/c1-25(14-17-12-20(24-27-17)16-8-5-11-22-13-16)21(26)19-10-9-18(23-19)15-6-3-2-4-7-15;/h2-8,11-13,18-19,23H,9-10,14H2,1H3;1H/t18-,19-;/m1./s1. The zero-order valence-corrected chi connectivity index (χ0v) is 16.4. The summed E-state index contributed by atoms with van der Waals surface area (Å²) in [5, 5.41) is 7.54. The smallest absolute Gasteiger partial charge is 0.239 e. The SMILES string of the molecule is CN(Cc1cc(-c2cccnc2)no1)C(=O)[C@H]1CC[C@H](c2ccccc2)N1.Cl. The summed E-state index contributed by atoms with van der Waals surface area (Å²) in [6.07, 6.45) is 5.25. The van der Waals surface area contributed by atoms with Gasteiger partial charge in [-0.15, -0.1) is 12.4 Å². The maximum absolute atomic E-state index is 12.8. The Labute approximate surface area is 170 Å². The molecule has 1 N–H and O–H groups in total. The molecule has 0 bridgehead atoms. The number of halogens is 1. The van der Waals surface area contributed by atoms with Gasteiger partial charge in [0.25, 0.3) is 0 Å². The Bertz CT molecular complexity index is 901. The molecule has 7 heteroatoms. The number of nitrogens with zero attached hydrogens (tertiary/aromatic N) is 3. The topological polar surface area (TPSA) is 71.3 Å². The van der Waals surface area contributed by atoms with Crippen molar-refractivity contribution in [3.05, 3.63) is 72.2 Å².